The molecule has 0 heterocycles. The number of anilines is 1. The Morgan fingerprint density at radius 1 is 1.00 bits per heavy atom. The highest BCUT2D eigenvalue weighted by Crippen LogP contribution is 2.16. The number of hydrogen-bond donors (Lipinski definition) is 2. The van der Waals surface area contributed by atoms with Crippen molar-refractivity contribution in [3.8, 4) is 0 Å². The van der Waals surface area contributed by atoms with Gasteiger partial charge in [0.05, 0.1) is 12.1 Å². The Hall–Kier alpha value is -3.29. The number of carbonyl (C=O) groups is 3. The van der Waals surface area contributed by atoms with E-state index >= 15 is 0 Å². The van der Waals surface area contributed by atoms with E-state index in [1.165, 1.54) is 6.92 Å². The van der Waals surface area contributed by atoms with E-state index < -0.39 is 35.7 Å². The maximum absolute atomic E-state index is 13.7. The lowest BCUT2D eigenvalue weighted by Gasteiger charge is -2.23. The molecule has 0 radical (unpaired) electrons. The summed E-state index contributed by atoms with van der Waals surface area (Å²) in [6.07, 6.45) is -1.16. The van der Waals surface area contributed by atoms with Crippen LogP contribution in [0.1, 0.15) is 26.3 Å². The van der Waals surface area contributed by atoms with E-state index in [9.17, 15) is 23.2 Å². The predicted molar refractivity (Wildman–Crippen MR) is 107 cm³/mol. The van der Waals surface area contributed by atoms with Crippen LogP contribution in [0.15, 0.2) is 48.5 Å². The lowest BCUT2D eigenvalue weighted by atomic mass is 10.0. The van der Waals surface area contributed by atoms with Gasteiger partial charge in [0.25, 0.3) is 5.91 Å². The number of ether oxygens (including phenoxy) is 1. The smallest absolute Gasteiger partial charge is 0.329 e. The average Bonchev–Trinajstić information content (AvgIpc) is 2.68. The second-order valence-electron chi connectivity index (χ2n) is 7.14. The highest BCUT2D eigenvalue weighted by Gasteiger charge is 2.29. The van der Waals surface area contributed by atoms with Crippen LogP contribution in [0.2, 0.25) is 0 Å². The first-order valence-corrected chi connectivity index (χ1v) is 9.47. The van der Waals surface area contributed by atoms with E-state index in [4.69, 9.17) is 4.74 Å². The molecule has 0 spiro atoms. The van der Waals surface area contributed by atoms with Crippen molar-refractivity contribution in [2.45, 2.75) is 39.3 Å². The number of carbonyl (C=O) groups excluding carboxylic acids is 3. The van der Waals surface area contributed by atoms with Crippen molar-refractivity contribution in [2.24, 2.45) is 5.92 Å². The van der Waals surface area contributed by atoms with Gasteiger partial charge in [0.2, 0.25) is 5.91 Å². The van der Waals surface area contributed by atoms with Crippen LogP contribution in [-0.4, -0.2) is 29.9 Å². The van der Waals surface area contributed by atoms with Crippen LogP contribution in [0, 0.1) is 17.6 Å². The fourth-order valence-electron chi connectivity index (χ4n) is 2.63. The first kappa shape index (κ1) is 23.0. The van der Waals surface area contributed by atoms with Gasteiger partial charge >= 0.3 is 5.97 Å². The summed E-state index contributed by atoms with van der Waals surface area (Å²) < 4.78 is 31.8. The number of amides is 2. The zero-order valence-electron chi connectivity index (χ0n) is 16.9. The van der Waals surface area contributed by atoms with E-state index in [2.05, 4.69) is 10.6 Å². The fraction of sp³-hybridized carbons (Fsp3) is 0.318. The van der Waals surface area contributed by atoms with Crippen LogP contribution in [0.3, 0.4) is 0 Å². The topological polar surface area (TPSA) is 84.5 Å². The molecule has 2 atom stereocenters. The first-order chi connectivity index (χ1) is 14.2. The molecular weight excluding hydrogens is 394 g/mol. The number of hydrogen-bond acceptors (Lipinski definition) is 4. The van der Waals surface area contributed by atoms with Gasteiger partial charge in [0.15, 0.2) is 6.10 Å². The molecule has 2 aromatic rings. The summed E-state index contributed by atoms with van der Waals surface area (Å²) in [5.41, 5.74) is 0.556. The van der Waals surface area contributed by atoms with Gasteiger partial charge in [-0.3, -0.25) is 9.59 Å². The second kappa shape index (κ2) is 10.5. The van der Waals surface area contributed by atoms with Crippen LogP contribution in [0.5, 0.6) is 0 Å². The minimum absolute atomic E-state index is 0.0945. The first-order valence-electron chi connectivity index (χ1n) is 9.47. The highest BCUT2D eigenvalue weighted by atomic mass is 19.1. The van der Waals surface area contributed by atoms with Crippen LogP contribution < -0.4 is 10.6 Å². The molecule has 0 fully saturated rings. The van der Waals surface area contributed by atoms with Crippen LogP contribution in [-0.2, 0) is 25.5 Å². The third-order valence-electron chi connectivity index (χ3n) is 4.30. The van der Waals surface area contributed by atoms with Gasteiger partial charge in [-0.2, -0.15) is 0 Å². The third-order valence-corrected chi connectivity index (χ3v) is 4.30. The maximum atomic E-state index is 13.7. The molecule has 8 heteroatoms. The van der Waals surface area contributed by atoms with Crippen molar-refractivity contribution < 1.29 is 27.9 Å². The molecule has 30 heavy (non-hydrogen) atoms. The lowest BCUT2D eigenvalue weighted by Crippen LogP contribution is -2.47. The second-order valence-corrected chi connectivity index (χ2v) is 7.14. The van der Waals surface area contributed by atoms with Crippen LogP contribution in [0.4, 0.5) is 14.5 Å². The molecule has 0 saturated carbocycles. The summed E-state index contributed by atoms with van der Waals surface area (Å²) in [7, 11) is 0. The Kier molecular flexibility index (Phi) is 8.03. The van der Waals surface area contributed by atoms with E-state index in [0.717, 1.165) is 17.7 Å². The maximum Gasteiger partial charge on any atom is 0.329 e. The van der Waals surface area contributed by atoms with Crippen LogP contribution >= 0.6 is 0 Å². The quantitative estimate of drug-likeness (QED) is 0.645. The molecule has 0 aromatic heterocycles. The van der Waals surface area contributed by atoms with Crippen molar-refractivity contribution in [3.63, 3.8) is 0 Å². The number of benzene rings is 2. The summed E-state index contributed by atoms with van der Waals surface area (Å²) >= 11 is 0. The number of rotatable bonds is 8. The molecule has 160 valence electrons. The largest absolute Gasteiger partial charge is 0.451 e. The third kappa shape index (κ3) is 6.65. The van der Waals surface area contributed by atoms with Crippen molar-refractivity contribution in [2.75, 3.05) is 5.32 Å². The molecule has 0 aliphatic heterocycles. The van der Waals surface area contributed by atoms with Crippen LogP contribution in [0.25, 0.3) is 0 Å². The molecular formula is C22H24F2N2O4. The number of esters is 1. The average molecular weight is 418 g/mol. The molecule has 2 rings (SSSR count). The van der Waals surface area contributed by atoms with E-state index in [0.29, 0.717) is 6.07 Å². The Bertz CT molecular complexity index is 903. The molecule has 2 N–H and O–H groups in total. The molecule has 0 aliphatic rings. The Balaban J connectivity index is 1.95. The van der Waals surface area contributed by atoms with Crippen molar-refractivity contribution in [1.82, 2.24) is 5.32 Å². The Morgan fingerprint density at radius 3 is 2.27 bits per heavy atom. The summed E-state index contributed by atoms with van der Waals surface area (Å²) in [6.45, 7) is 4.78. The minimum Gasteiger partial charge on any atom is -0.451 e. The molecule has 2 amide bonds. The standard InChI is InChI=1S/C22H24F2N2O4/c1-13(2)20(26-19(27)11-15-7-5-4-6-8-15)22(29)30-14(3)21(28)25-18-10-9-16(23)12-17(18)24/h4-10,12-14,20H,11H2,1-3H3,(H,25,28)(H,26,27)/t14-,20-/m0/s1. The summed E-state index contributed by atoms with van der Waals surface area (Å²) in [5.74, 6) is -3.95. The van der Waals surface area contributed by atoms with Gasteiger partial charge in [-0.1, -0.05) is 44.2 Å². The molecule has 0 bridgehead atoms. The minimum atomic E-state index is -1.26. The summed E-state index contributed by atoms with van der Waals surface area (Å²) in [4.78, 5) is 37.0. The number of nitrogens with one attached hydrogen (secondary N) is 2. The summed E-state index contributed by atoms with van der Waals surface area (Å²) in [6, 6.07) is 10.8. The van der Waals surface area contributed by atoms with Gasteiger partial charge in [0, 0.05) is 6.07 Å². The molecule has 6 nitrogen and oxygen atoms in total. The SMILES string of the molecule is CC(C)[C@H](NC(=O)Cc1ccccc1)C(=O)O[C@@H](C)C(=O)Nc1ccc(F)cc1F. The van der Waals surface area contributed by atoms with E-state index in [-0.39, 0.29) is 23.9 Å². The van der Waals surface area contributed by atoms with Crippen molar-refractivity contribution in [1.29, 1.82) is 0 Å². The van der Waals surface area contributed by atoms with Crippen molar-refractivity contribution in [3.05, 3.63) is 65.7 Å². The normalized spacial score (nSPS) is 12.7. The summed E-state index contributed by atoms with van der Waals surface area (Å²) in [5, 5.41) is 4.87. The highest BCUT2D eigenvalue weighted by molar-refractivity contribution is 5.95. The zero-order valence-corrected chi connectivity index (χ0v) is 16.9. The van der Waals surface area contributed by atoms with E-state index in [1.54, 1.807) is 38.1 Å². The number of halogens is 2. The lowest BCUT2D eigenvalue weighted by molar-refractivity contribution is -0.157. The van der Waals surface area contributed by atoms with Crippen molar-refractivity contribution >= 4 is 23.5 Å². The molecule has 0 unspecified atom stereocenters. The van der Waals surface area contributed by atoms with Gasteiger partial charge in [-0.05, 0) is 30.5 Å². The van der Waals surface area contributed by atoms with Gasteiger partial charge in [-0.25, -0.2) is 13.6 Å². The fourth-order valence-corrected chi connectivity index (χ4v) is 2.63. The van der Waals surface area contributed by atoms with Gasteiger partial charge in [-0.15, -0.1) is 0 Å². The molecule has 0 aliphatic carbocycles. The zero-order chi connectivity index (χ0) is 22.3. The van der Waals surface area contributed by atoms with Gasteiger partial charge in [0.1, 0.15) is 17.7 Å². The Labute approximate surface area is 173 Å². The van der Waals surface area contributed by atoms with E-state index in [1.807, 2.05) is 6.07 Å². The predicted octanol–water partition coefficient (Wildman–Crippen LogP) is 3.22. The Morgan fingerprint density at radius 2 is 1.67 bits per heavy atom. The molecule has 0 saturated heterocycles. The molecule has 2 aromatic carbocycles. The monoisotopic (exact) mass is 418 g/mol. The van der Waals surface area contributed by atoms with Gasteiger partial charge < -0.3 is 15.4 Å².